The first kappa shape index (κ1) is 29.5. The summed E-state index contributed by atoms with van der Waals surface area (Å²) in [5.41, 5.74) is 1.16. The Morgan fingerprint density at radius 3 is 2.52 bits per heavy atom. The van der Waals surface area contributed by atoms with E-state index in [2.05, 4.69) is 15.4 Å². The number of rotatable bonds is 6. The normalized spacial score (nSPS) is 17.4. The first-order valence-electron chi connectivity index (χ1n) is 14.3. The Kier molecular flexibility index (Phi) is 7.06. The SMILES string of the molecule is COc1nn(C)cc1-c1cc2c(ncc3c2n([C@@H]2CC[C@@H](NC(=O)OC(C)(C)C)C2)c(=O)n3C)n1S(=O)(=O)c1ccccc1. The Bertz CT molecular complexity index is 2070. The number of ether oxygens (including phenoxy) is 2. The van der Waals surface area contributed by atoms with Gasteiger partial charge in [-0.1, -0.05) is 18.2 Å². The monoisotopic (exact) mass is 621 g/mol. The Hall–Kier alpha value is -4.59. The summed E-state index contributed by atoms with van der Waals surface area (Å²) in [6, 6.07) is 9.41. The molecule has 232 valence electrons. The number of methoxy groups -OCH3 is 1. The summed E-state index contributed by atoms with van der Waals surface area (Å²) in [5, 5.41) is 7.77. The lowest BCUT2D eigenvalue weighted by Gasteiger charge is -2.22. The van der Waals surface area contributed by atoms with Crippen LogP contribution >= 0.6 is 0 Å². The standard InChI is InChI=1S/C30H35N7O6S/c1-30(2,3)43-28(38)32-18-12-13-19(14-18)36-25-21-15-23(22-17-34(4)33-27(22)42-6)37(44(40,41)20-10-8-7-9-11-20)26(21)31-16-24(25)35(5)29(36)39/h7-11,15-19H,12-14H2,1-6H3,(H,32,38)/t18-,19-/m1/s1. The van der Waals surface area contributed by atoms with Crippen LogP contribution < -0.4 is 15.7 Å². The molecule has 44 heavy (non-hydrogen) atoms. The van der Waals surface area contributed by atoms with Crippen LogP contribution in [0, 0.1) is 0 Å². The maximum atomic E-state index is 14.2. The van der Waals surface area contributed by atoms with Crippen molar-refractivity contribution in [2.75, 3.05) is 7.11 Å². The van der Waals surface area contributed by atoms with Crippen LogP contribution in [0.4, 0.5) is 4.79 Å². The molecule has 0 unspecified atom stereocenters. The Labute approximate surface area is 254 Å². The highest BCUT2D eigenvalue weighted by molar-refractivity contribution is 7.90. The van der Waals surface area contributed by atoms with Gasteiger partial charge in [-0.2, -0.15) is 0 Å². The van der Waals surface area contributed by atoms with E-state index in [1.807, 2.05) is 0 Å². The maximum Gasteiger partial charge on any atom is 0.407 e. The molecule has 1 fully saturated rings. The zero-order chi connectivity index (χ0) is 31.6. The van der Waals surface area contributed by atoms with Crippen molar-refractivity contribution in [2.24, 2.45) is 14.1 Å². The summed E-state index contributed by atoms with van der Waals surface area (Å²) in [6.45, 7) is 5.41. The van der Waals surface area contributed by atoms with Gasteiger partial charge in [-0.15, -0.1) is 5.10 Å². The number of carbonyl (C=O) groups is 1. The molecule has 0 radical (unpaired) electrons. The molecule has 1 saturated carbocycles. The molecule has 5 aromatic rings. The van der Waals surface area contributed by atoms with Crippen molar-refractivity contribution < 1.29 is 22.7 Å². The van der Waals surface area contributed by atoms with E-state index in [0.717, 1.165) is 0 Å². The van der Waals surface area contributed by atoms with E-state index in [1.54, 1.807) is 74.6 Å². The van der Waals surface area contributed by atoms with Gasteiger partial charge in [-0.05, 0) is 58.2 Å². The highest BCUT2D eigenvalue weighted by Gasteiger charge is 2.34. The Morgan fingerprint density at radius 2 is 1.84 bits per heavy atom. The van der Waals surface area contributed by atoms with E-state index < -0.39 is 21.7 Å². The quantitative estimate of drug-likeness (QED) is 0.300. The smallest absolute Gasteiger partial charge is 0.407 e. The maximum absolute atomic E-state index is 14.2. The number of alkyl carbamates (subject to hydrolysis) is 1. The van der Waals surface area contributed by atoms with E-state index in [4.69, 9.17) is 9.47 Å². The van der Waals surface area contributed by atoms with Gasteiger partial charge in [0.2, 0.25) is 5.88 Å². The highest BCUT2D eigenvalue weighted by Crippen LogP contribution is 2.39. The van der Waals surface area contributed by atoms with E-state index in [1.165, 1.54) is 34.0 Å². The molecule has 1 N–H and O–H groups in total. The molecular weight excluding hydrogens is 586 g/mol. The van der Waals surface area contributed by atoms with Crippen molar-refractivity contribution in [3.8, 4) is 17.1 Å². The second-order valence-corrected chi connectivity index (χ2v) is 13.9. The zero-order valence-corrected chi connectivity index (χ0v) is 26.3. The van der Waals surface area contributed by atoms with Crippen LogP contribution in [0.15, 0.2) is 58.5 Å². The molecular formula is C30H35N7O6S. The van der Waals surface area contributed by atoms with Crippen LogP contribution in [0.3, 0.4) is 0 Å². The predicted molar refractivity (Wildman–Crippen MR) is 164 cm³/mol. The summed E-state index contributed by atoms with van der Waals surface area (Å²) in [5.74, 6) is 0.244. The number of fused-ring (bicyclic) bond motifs is 3. The first-order chi connectivity index (χ1) is 20.8. The molecule has 0 bridgehead atoms. The largest absolute Gasteiger partial charge is 0.479 e. The molecule has 4 heterocycles. The van der Waals surface area contributed by atoms with Crippen molar-refractivity contribution in [2.45, 2.75) is 62.6 Å². The summed E-state index contributed by atoms with van der Waals surface area (Å²) >= 11 is 0. The fraction of sp³-hybridized carbons (Fsp3) is 0.400. The van der Waals surface area contributed by atoms with Gasteiger partial charge in [0.25, 0.3) is 10.0 Å². The molecule has 0 spiro atoms. The third-order valence-corrected chi connectivity index (χ3v) is 9.59. The topological polar surface area (TPSA) is 144 Å². The second kappa shape index (κ2) is 10.5. The van der Waals surface area contributed by atoms with Crippen molar-refractivity contribution in [1.82, 2.24) is 33.2 Å². The van der Waals surface area contributed by atoms with Crippen molar-refractivity contribution >= 4 is 38.2 Å². The van der Waals surface area contributed by atoms with Gasteiger partial charge in [0.15, 0.2) is 5.65 Å². The summed E-state index contributed by atoms with van der Waals surface area (Å²) in [4.78, 5) is 30.9. The van der Waals surface area contributed by atoms with Crippen LogP contribution in [0.25, 0.3) is 33.3 Å². The number of nitrogens with zero attached hydrogens (tertiary/aromatic N) is 6. The second-order valence-electron chi connectivity index (χ2n) is 12.1. The summed E-state index contributed by atoms with van der Waals surface area (Å²) in [7, 11) is 0.708. The van der Waals surface area contributed by atoms with Gasteiger partial charge >= 0.3 is 11.8 Å². The molecule has 13 nitrogen and oxygen atoms in total. The number of hydrogen-bond acceptors (Lipinski definition) is 8. The number of hydrogen-bond donors (Lipinski definition) is 1. The fourth-order valence-electron chi connectivity index (χ4n) is 6.02. The van der Waals surface area contributed by atoms with Crippen LogP contribution in [0.2, 0.25) is 0 Å². The molecule has 14 heteroatoms. The third kappa shape index (κ3) is 4.92. The van der Waals surface area contributed by atoms with Gasteiger partial charge in [-0.25, -0.2) is 27.0 Å². The fourth-order valence-corrected chi connectivity index (χ4v) is 7.51. The Balaban J connectivity index is 1.55. The predicted octanol–water partition coefficient (Wildman–Crippen LogP) is 3.95. The first-order valence-corrected chi connectivity index (χ1v) is 15.7. The molecule has 1 aliphatic rings. The number of benzene rings is 1. The lowest BCUT2D eigenvalue weighted by atomic mass is 10.2. The summed E-state index contributed by atoms with van der Waals surface area (Å²) < 4.78 is 45.4. The number of carbonyl (C=O) groups excluding carboxylic acids is 1. The van der Waals surface area contributed by atoms with Crippen LogP contribution in [-0.2, 0) is 28.9 Å². The number of aryl methyl sites for hydroxylation is 2. The van der Waals surface area contributed by atoms with E-state index in [0.29, 0.717) is 46.9 Å². The summed E-state index contributed by atoms with van der Waals surface area (Å²) in [6.07, 6.45) is 4.51. The van der Waals surface area contributed by atoms with Crippen molar-refractivity contribution in [3.05, 3.63) is 59.3 Å². The zero-order valence-electron chi connectivity index (χ0n) is 25.4. The lowest BCUT2D eigenvalue weighted by molar-refractivity contribution is 0.0504. The Morgan fingerprint density at radius 1 is 1.11 bits per heavy atom. The van der Waals surface area contributed by atoms with Gasteiger partial charge in [-0.3, -0.25) is 13.8 Å². The van der Waals surface area contributed by atoms with Crippen LogP contribution in [0.1, 0.15) is 46.1 Å². The highest BCUT2D eigenvalue weighted by atomic mass is 32.2. The number of pyridine rings is 1. The lowest BCUT2D eigenvalue weighted by Crippen LogP contribution is -2.38. The van der Waals surface area contributed by atoms with E-state index >= 15 is 0 Å². The number of imidazole rings is 1. The molecule has 1 amide bonds. The van der Waals surface area contributed by atoms with Gasteiger partial charge in [0.05, 0.1) is 40.5 Å². The molecule has 2 atom stereocenters. The molecule has 4 aromatic heterocycles. The number of amides is 1. The average Bonchev–Trinajstić information content (AvgIpc) is 3.72. The number of nitrogens with one attached hydrogen (secondary N) is 1. The third-order valence-electron chi connectivity index (χ3n) is 7.87. The molecule has 6 rings (SSSR count). The average molecular weight is 622 g/mol. The minimum Gasteiger partial charge on any atom is -0.479 e. The number of aromatic nitrogens is 6. The molecule has 0 aliphatic heterocycles. The van der Waals surface area contributed by atoms with E-state index in [-0.39, 0.29) is 34.2 Å². The van der Waals surface area contributed by atoms with Gasteiger partial charge in [0.1, 0.15) is 5.60 Å². The molecule has 1 aromatic carbocycles. The van der Waals surface area contributed by atoms with E-state index in [9.17, 15) is 18.0 Å². The van der Waals surface area contributed by atoms with Crippen molar-refractivity contribution in [1.29, 1.82) is 0 Å². The van der Waals surface area contributed by atoms with Gasteiger partial charge < -0.3 is 14.8 Å². The minimum absolute atomic E-state index is 0.0841. The van der Waals surface area contributed by atoms with Crippen molar-refractivity contribution in [3.63, 3.8) is 0 Å². The van der Waals surface area contributed by atoms with Crippen LogP contribution in [0.5, 0.6) is 5.88 Å². The van der Waals surface area contributed by atoms with Gasteiger partial charge in [0, 0.05) is 37.8 Å². The molecule has 0 saturated heterocycles. The van der Waals surface area contributed by atoms with Crippen LogP contribution in [-0.4, -0.2) is 61.1 Å². The molecule has 1 aliphatic carbocycles. The minimum atomic E-state index is -4.15.